The molecule has 0 spiro atoms. The summed E-state index contributed by atoms with van der Waals surface area (Å²) in [6.07, 6.45) is -3.61. The van der Waals surface area contributed by atoms with Crippen molar-refractivity contribution in [3.05, 3.63) is 0 Å². The number of rotatable bonds is 8. The lowest BCUT2D eigenvalue weighted by Gasteiger charge is -2.14. The number of aliphatic hydroxyl groups excluding tert-OH is 1. The molecule has 1 rings (SSSR count). The Bertz CT molecular complexity index is 363. The van der Waals surface area contributed by atoms with Crippen molar-refractivity contribution < 1.29 is 26.7 Å². The Balaban J connectivity index is 2.28. The van der Waals surface area contributed by atoms with E-state index < -0.39 is 34.8 Å². The second-order valence-corrected chi connectivity index (χ2v) is 6.76. The predicted octanol–water partition coefficient (Wildman–Crippen LogP) is 1.41. The molecule has 0 atom stereocenters. The van der Waals surface area contributed by atoms with Crippen LogP contribution < -0.4 is 4.72 Å². The van der Waals surface area contributed by atoms with E-state index in [4.69, 9.17) is 5.11 Å². The number of hydrogen-bond donors (Lipinski definition) is 2. The van der Waals surface area contributed by atoms with Gasteiger partial charge in [0.2, 0.25) is 10.0 Å². The Kier molecular flexibility index (Phi) is 5.02. The fourth-order valence-electron chi connectivity index (χ4n) is 1.73. The van der Waals surface area contributed by atoms with E-state index in [1.807, 2.05) is 0 Å². The van der Waals surface area contributed by atoms with Gasteiger partial charge in [0.1, 0.15) is 0 Å². The highest BCUT2D eigenvalue weighted by Gasteiger charge is 2.42. The first-order valence-electron chi connectivity index (χ1n) is 5.83. The van der Waals surface area contributed by atoms with Crippen molar-refractivity contribution in [2.45, 2.75) is 38.3 Å². The number of nitrogens with one attached hydrogen (secondary N) is 1. The molecule has 8 heteroatoms. The van der Waals surface area contributed by atoms with Crippen LogP contribution in [0, 0.1) is 5.41 Å². The second-order valence-electron chi connectivity index (χ2n) is 4.83. The van der Waals surface area contributed by atoms with Crippen LogP contribution in [-0.2, 0) is 10.0 Å². The van der Waals surface area contributed by atoms with Gasteiger partial charge < -0.3 is 5.11 Å². The van der Waals surface area contributed by atoms with Crippen LogP contribution in [0.5, 0.6) is 0 Å². The zero-order chi connectivity index (χ0) is 13.9. The van der Waals surface area contributed by atoms with Crippen LogP contribution in [0.4, 0.5) is 13.2 Å². The van der Waals surface area contributed by atoms with Crippen molar-refractivity contribution in [2.75, 3.05) is 18.9 Å². The zero-order valence-electron chi connectivity index (χ0n) is 9.96. The summed E-state index contributed by atoms with van der Waals surface area (Å²) in [6.45, 7) is 0.206. The van der Waals surface area contributed by atoms with Crippen LogP contribution in [0.15, 0.2) is 0 Å². The highest BCUT2D eigenvalue weighted by Crippen LogP contribution is 2.48. The molecule has 1 aliphatic rings. The summed E-state index contributed by atoms with van der Waals surface area (Å²) >= 11 is 0. The van der Waals surface area contributed by atoms with E-state index in [-0.39, 0.29) is 18.6 Å². The molecule has 0 bridgehead atoms. The summed E-state index contributed by atoms with van der Waals surface area (Å²) in [5, 5.41) is 8.80. The number of sulfonamides is 1. The first-order chi connectivity index (χ1) is 8.18. The van der Waals surface area contributed by atoms with Crippen LogP contribution in [0.1, 0.15) is 32.1 Å². The summed E-state index contributed by atoms with van der Waals surface area (Å²) < 4.78 is 60.9. The van der Waals surface area contributed by atoms with E-state index in [1.54, 1.807) is 0 Å². The summed E-state index contributed by atoms with van der Waals surface area (Å²) in [5.41, 5.74) is -0.175. The molecule has 0 radical (unpaired) electrons. The molecule has 0 unspecified atom stereocenters. The lowest BCUT2D eigenvalue weighted by atomic mass is 10.0. The third kappa shape index (κ3) is 6.01. The topological polar surface area (TPSA) is 66.4 Å². The second kappa shape index (κ2) is 5.75. The van der Waals surface area contributed by atoms with Crippen LogP contribution in [0.25, 0.3) is 0 Å². The maximum Gasteiger partial charge on any atom is 0.389 e. The molecule has 18 heavy (non-hydrogen) atoms. The molecule has 4 nitrogen and oxygen atoms in total. The standard InChI is InChI=1S/C10H18F3NO3S/c11-10(12,13)2-1-7-18(16,17)14-8-9(3-4-9)5-6-15/h14-15H,1-8H2. The maximum atomic E-state index is 11.9. The molecule has 0 aliphatic heterocycles. The van der Waals surface area contributed by atoms with Crippen LogP contribution in [0.2, 0.25) is 0 Å². The van der Waals surface area contributed by atoms with Gasteiger partial charge in [0.25, 0.3) is 0 Å². The monoisotopic (exact) mass is 289 g/mol. The largest absolute Gasteiger partial charge is 0.396 e. The molecule has 0 aromatic carbocycles. The van der Waals surface area contributed by atoms with Gasteiger partial charge in [-0.1, -0.05) is 0 Å². The van der Waals surface area contributed by atoms with Gasteiger partial charge in [-0.05, 0) is 31.1 Å². The molecule has 0 aromatic heterocycles. The normalized spacial score (nSPS) is 18.9. The Morgan fingerprint density at radius 3 is 2.33 bits per heavy atom. The van der Waals surface area contributed by atoms with Crippen molar-refractivity contribution in [1.29, 1.82) is 0 Å². The van der Waals surface area contributed by atoms with E-state index in [2.05, 4.69) is 4.72 Å². The van der Waals surface area contributed by atoms with Gasteiger partial charge in [-0.25, -0.2) is 13.1 Å². The van der Waals surface area contributed by atoms with Gasteiger partial charge in [-0.15, -0.1) is 0 Å². The maximum absolute atomic E-state index is 11.9. The fraction of sp³-hybridized carbons (Fsp3) is 1.00. The zero-order valence-corrected chi connectivity index (χ0v) is 10.8. The van der Waals surface area contributed by atoms with Gasteiger partial charge in [-0.3, -0.25) is 0 Å². The minimum absolute atomic E-state index is 0.00417. The number of halogens is 3. The molecule has 0 heterocycles. The summed E-state index contributed by atoms with van der Waals surface area (Å²) in [7, 11) is -3.65. The van der Waals surface area contributed by atoms with Crippen LogP contribution in [-0.4, -0.2) is 38.6 Å². The smallest absolute Gasteiger partial charge is 0.389 e. The molecule has 1 saturated carbocycles. The summed E-state index contributed by atoms with van der Waals surface area (Å²) in [5.74, 6) is -0.512. The van der Waals surface area contributed by atoms with E-state index >= 15 is 0 Å². The molecular weight excluding hydrogens is 271 g/mol. The molecule has 0 saturated heterocycles. The summed E-state index contributed by atoms with van der Waals surface area (Å²) in [6, 6.07) is 0. The minimum atomic E-state index is -4.32. The van der Waals surface area contributed by atoms with E-state index in [0.29, 0.717) is 6.42 Å². The van der Waals surface area contributed by atoms with Gasteiger partial charge in [0.05, 0.1) is 5.75 Å². The highest BCUT2D eigenvalue weighted by molar-refractivity contribution is 7.89. The quantitative estimate of drug-likeness (QED) is 0.710. The molecule has 2 N–H and O–H groups in total. The Hall–Kier alpha value is -0.340. The van der Waals surface area contributed by atoms with Crippen molar-refractivity contribution >= 4 is 10.0 Å². The number of aliphatic hydroxyl groups is 1. The summed E-state index contributed by atoms with van der Waals surface area (Å²) in [4.78, 5) is 0. The van der Waals surface area contributed by atoms with Crippen molar-refractivity contribution in [2.24, 2.45) is 5.41 Å². The van der Waals surface area contributed by atoms with Crippen LogP contribution in [0.3, 0.4) is 0 Å². The molecule has 1 aliphatic carbocycles. The Morgan fingerprint density at radius 1 is 1.28 bits per heavy atom. The van der Waals surface area contributed by atoms with E-state index in [1.165, 1.54) is 0 Å². The first kappa shape index (κ1) is 15.7. The van der Waals surface area contributed by atoms with Gasteiger partial charge >= 0.3 is 6.18 Å². The van der Waals surface area contributed by atoms with Crippen LogP contribution >= 0.6 is 0 Å². The first-order valence-corrected chi connectivity index (χ1v) is 7.48. The minimum Gasteiger partial charge on any atom is -0.396 e. The Morgan fingerprint density at radius 2 is 1.89 bits per heavy atom. The average Bonchev–Trinajstić information content (AvgIpc) is 2.94. The number of hydrogen-bond acceptors (Lipinski definition) is 3. The highest BCUT2D eigenvalue weighted by atomic mass is 32.2. The molecule has 0 amide bonds. The third-order valence-corrected chi connectivity index (χ3v) is 4.55. The third-order valence-electron chi connectivity index (χ3n) is 3.14. The lowest BCUT2D eigenvalue weighted by Crippen LogP contribution is -2.32. The van der Waals surface area contributed by atoms with Crippen molar-refractivity contribution in [3.63, 3.8) is 0 Å². The average molecular weight is 289 g/mol. The molecule has 1 fully saturated rings. The van der Waals surface area contributed by atoms with Crippen molar-refractivity contribution in [3.8, 4) is 0 Å². The van der Waals surface area contributed by atoms with E-state index in [0.717, 1.165) is 12.8 Å². The SMILES string of the molecule is O=S(=O)(CCCC(F)(F)F)NCC1(CCO)CC1. The molecular formula is C10H18F3NO3S. The number of alkyl halides is 3. The fourth-order valence-corrected chi connectivity index (χ4v) is 2.92. The lowest BCUT2D eigenvalue weighted by molar-refractivity contribution is -0.134. The molecule has 108 valence electrons. The van der Waals surface area contributed by atoms with Gasteiger partial charge in [0, 0.05) is 19.6 Å². The predicted molar refractivity (Wildman–Crippen MR) is 60.4 cm³/mol. The van der Waals surface area contributed by atoms with Crippen molar-refractivity contribution in [1.82, 2.24) is 4.72 Å². The van der Waals surface area contributed by atoms with Gasteiger partial charge in [0.15, 0.2) is 0 Å². The van der Waals surface area contributed by atoms with Gasteiger partial charge in [-0.2, -0.15) is 13.2 Å². The Labute approximate surface area is 105 Å². The van der Waals surface area contributed by atoms with E-state index in [9.17, 15) is 21.6 Å². The molecule has 0 aromatic rings.